The quantitative estimate of drug-likeness (QED) is 0.136. The Kier molecular flexibility index (Phi) is 8.21. The van der Waals surface area contributed by atoms with E-state index >= 15 is 0 Å². The zero-order valence-electron chi connectivity index (χ0n) is 20.3. The highest BCUT2D eigenvalue weighted by atomic mass is 35.5. The lowest BCUT2D eigenvalue weighted by Gasteiger charge is -2.16. The van der Waals surface area contributed by atoms with Crippen molar-refractivity contribution in [2.45, 2.75) is 14.7 Å². The lowest BCUT2D eigenvalue weighted by Crippen LogP contribution is -2.14. The van der Waals surface area contributed by atoms with Crippen LogP contribution in [0, 0.1) is 0 Å². The number of rotatable bonds is 8. The molecule has 4 N–H and O–H groups in total. The van der Waals surface area contributed by atoms with E-state index < -0.39 is 67.9 Å². The number of fused-ring (bicyclic) bond motifs is 1. The third kappa shape index (κ3) is 6.54. The minimum absolute atomic E-state index is 0.0394. The zero-order chi connectivity index (χ0) is 30.3. The molecule has 4 aromatic carbocycles. The van der Waals surface area contributed by atoms with Crippen molar-refractivity contribution < 1.29 is 44.2 Å². The van der Waals surface area contributed by atoms with E-state index in [4.69, 9.17) is 27.9 Å². The van der Waals surface area contributed by atoms with Gasteiger partial charge in [0.25, 0.3) is 30.3 Å². The molecule has 18 heteroatoms. The van der Waals surface area contributed by atoms with Crippen molar-refractivity contribution in [3.05, 3.63) is 70.7 Å². The number of hydrogen-bond acceptors (Lipinski definition) is 10. The van der Waals surface area contributed by atoms with Crippen LogP contribution in [-0.4, -0.2) is 46.6 Å². The van der Waals surface area contributed by atoms with E-state index in [0.717, 1.165) is 6.07 Å². The van der Waals surface area contributed by atoms with Crippen LogP contribution in [-0.2, 0) is 30.3 Å². The Morgan fingerprint density at radius 2 is 1.46 bits per heavy atom. The Morgan fingerprint density at radius 1 is 0.805 bits per heavy atom. The molecule has 0 bridgehead atoms. The molecule has 41 heavy (non-hydrogen) atoms. The van der Waals surface area contributed by atoms with Crippen LogP contribution in [0.4, 0.5) is 17.1 Å². The molecule has 216 valence electrons. The van der Waals surface area contributed by atoms with Gasteiger partial charge < -0.3 is 9.84 Å². The molecule has 4 aromatic rings. The van der Waals surface area contributed by atoms with Crippen LogP contribution >= 0.6 is 23.2 Å². The van der Waals surface area contributed by atoms with Gasteiger partial charge >= 0.3 is 0 Å². The van der Waals surface area contributed by atoms with Crippen molar-refractivity contribution in [1.82, 2.24) is 0 Å². The molecular formula is C23H17Cl2N3O10S3. The molecule has 0 spiro atoms. The average molecular weight is 663 g/mol. The largest absolute Gasteiger partial charge is 0.505 e. The summed E-state index contributed by atoms with van der Waals surface area (Å²) in [5, 5.41) is 18.0. The Balaban J connectivity index is 2.02. The summed E-state index contributed by atoms with van der Waals surface area (Å²) in [6.45, 7) is 0. The van der Waals surface area contributed by atoms with Crippen molar-refractivity contribution in [3.8, 4) is 11.5 Å². The van der Waals surface area contributed by atoms with Gasteiger partial charge in [-0.2, -0.15) is 16.8 Å². The van der Waals surface area contributed by atoms with Gasteiger partial charge in [-0.25, -0.2) is 8.42 Å². The third-order valence-corrected chi connectivity index (χ3v) is 9.11. The van der Waals surface area contributed by atoms with Gasteiger partial charge in [0.05, 0.1) is 33.0 Å². The molecule has 0 aliphatic rings. The summed E-state index contributed by atoms with van der Waals surface area (Å²) in [5.41, 5.74) is -1.50. The first-order chi connectivity index (χ1) is 19.0. The maximum absolute atomic E-state index is 13.2. The number of aromatic hydroxyl groups is 1. The van der Waals surface area contributed by atoms with Crippen molar-refractivity contribution in [3.63, 3.8) is 0 Å². The van der Waals surface area contributed by atoms with Crippen molar-refractivity contribution in [1.29, 1.82) is 0 Å². The van der Waals surface area contributed by atoms with Crippen molar-refractivity contribution >= 4 is 81.3 Å². The zero-order valence-corrected chi connectivity index (χ0v) is 24.3. The molecule has 0 amide bonds. The Bertz CT molecular complexity index is 2050. The summed E-state index contributed by atoms with van der Waals surface area (Å²) in [6.07, 6.45) is 0. The molecule has 0 aliphatic heterocycles. The first kappa shape index (κ1) is 30.4. The molecule has 0 aromatic heterocycles. The SMILES string of the molecule is COc1ccc(S(=O)(=O)Nc2cc(S(=O)(=O)O)cc3cc(S(=O)(=O)O)c(N=Nc4cc(Cl)ccc4Cl)c(O)c23)cc1. The highest BCUT2D eigenvalue weighted by molar-refractivity contribution is 7.92. The summed E-state index contributed by atoms with van der Waals surface area (Å²) in [7, 11) is -13.2. The predicted octanol–water partition coefficient (Wildman–Crippen LogP) is 5.57. The number of nitrogens with zero attached hydrogens (tertiary/aromatic N) is 2. The van der Waals surface area contributed by atoms with Crippen LogP contribution in [0.5, 0.6) is 11.5 Å². The first-order valence-corrected chi connectivity index (χ1v) is 16.0. The normalized spacial score (nSPS) is 12.6. The number of sulfonamides is 1. The highest BCUT2D eigenvalue weighted by Gasteiger charge is 2.27. The smallest absolute Gasteiger partial charge is 0.296 e. The minimum Gasteiger partial charge on any atom is -0.505 e. The third-order valence-electron chi connectivity index (χ3n) is 5.48. The topological polar surface area (TPSA) is 209 Å². The molecule has 0 heterocycles. The van der Waals surface area contributed by atoms with Gasteiger partial charge in [0.2, 0.25) is 0 Å². The molecule has 0 saturated carbocycles. The maximum atomic E-state index is 13.2. The summed E-state index contributed by atoms with van der Waals surface area (Å²) < 4.78 is 101. The van der Waals surface area contributed by atoms with Crippen LogP contribution in [0.3, 0.4) is 0 Å². The first-order valence-electron chi connectivity index (χ1n) is 10.8. The fourth-order valence-corrected chi connectivity index (χ4v) is 6.19. The fraction of sp³-hybridized carbons (Fsp3) is 0.0435. The van der Waals surface area contributed by atoms with Gasteiger partial charge in [0, 0.05) is 5.02 Å². The fourth-order valence-electron chi connectivity index (χ4n) is 3.61. The van der Waals surface area contributed by atoms with Gasteiger partial charge in [-0.15, -0.1) is 10.2 Å². The average Bonchev–Trinajstić information content (AvgIpc) is 2.88. The second-order valence-electron chi connectivity index (χ2n) is 8.17. The van der Waals surface area contributed by atoms with Gasteiger partial charge in [0.15, 0.2) is 5.75 Å². The lowest BCUT2D eigenvalue weighted by molar-refractivity contribution is 0.414. The summed E-state index contributed by atoms with van der Waals surface area (Å²) in [6, 6.07) is 11.3. The summed E-state index contributed by atoms with van der Waals surface area (Å²) in [4.78, 5) is -2.19. The van der Waals surface area contributed by atoms with Crippen LogP contribution in [0.15, 0.2) is 85.6 Å². The molecule has 0 fully saturated rings. The van der Waals surface area contributed by atoms with Crippen molar-refractivity contribution in [2.75, 3.05) is 11.8 Å². The molecule has 13 nitrogen and oxygen atoms in total. The number of hydrogen-bond donors (Lipinski definition) is 4. The van der Waals surface area contributed by atoms with Crippen LogP contribution in [0.2, 0.25) is 10.0 Å². The molecular weight excluding hydrogens is 645 g/mol. The summed E-state index contributed by atoms with van der Waals surface area (Å²) >= 11 is 12.0. The van der Waals surface area contributed by atoms with E-state index in [2.05, 4.69) is 15.0 Å². The van der Waals surface area contributed by atoms with Gasteiger partial charge in [0.1, 0.15) is 22.0 Å². The summed E-state index contributed by atoms with van der Waals surface area (Å²) in [5.74, 6) is -0.681. The number of anilines is 1. The Labute approximate surface area is 243 Å². The number of azo groups is 1. The van der Waals surface area contributed by atoms with E-state index in [1.807, 2.05) is 0 Å². The molecule has 0 aliphatic carbocycles. The van der Waals surface area contributed by atoms with Crippen LogP contribution in [0.25, 0.3) is 10.8 Å². The second-order valence-corrected chi connectivity index (χ2v) is 13.5. The van der Waals surface area contributed by atoms with Gasteiger partial charge in [-0.1, -0.05) is 23.2 Å². The minimum atomic E-state index is -5.15. The Hall–Kier alpha value is -3.51. The molecule has 4 rings (SSSR count). The number of halogens is 2. The number of benzene rings is 4. The van der Waals surface area contributed by atoms with Crippen LogP contribution in [0.1, 0.15) is 0 Å². The van der Waals surface area contributed by atoms with E-state index in [-0.39, 0.29) is 20.6 Å². The van der Waals surface area contributed by atoms with E-state index in [0.29, 0.717) is 17.9 Å². The van der Waals surface area contributed by atoms with E-state index in [1.165, 1.54) is 49.6 Å². The van der Waals surface area contributed by atoms with Gasteiger partial charge in [-0.05, 0) is 66.0 Å². The van der Waals surface area contributed by atoms with Crippen molar-refractivity contribution in [2.24, 2.45) is 10.2 Å². The van der Waals surface area contributed by atoms with Gasteiger partial charge in [-0.3, -0.25) is 13.8 Å². The number of methoxy groups -OCH3 is 1. The molecule has 0 unspecified atom stereocenters. The lowest BCUT2D eigenvalue weighted by atomic mass is 10.1. The van der Waals surface area contributed by atoms with E-state index in [9.17, 15) is 39.5 Å². The predicted molar refractivity (Wildman–Crippen MR) is 150 cm³/mol. The standard InChI is InChI=1S/C23H17Cl2N3O10S3/c1-38-14-3-5-15(6-4-14)39(30,31)28-19-11-16(40(32,33)34)8-12-9-20(41(35,36)37)22(23(29)21(12)19)27-26-18-10-13(24)2-7-17(18)25/h2-11,28-29H,1H3,(H,32,33,34)(H,35,36,37). The monoisotopic (exact) mass is 661 g/mol. The molecule has 0 atom stereocenters. The number of ether oxygens (including phenoxy) is 1. The number of nitrogens with one attached hydrogen (secondary N) is 1. The van der Waals surface area contributed by atoms with Crippen LogP contribution < -0.4 is 9.46 Å². The molecule has 0 saturated heterocycles. The Morgan fingerprint density at radius 3 is 2.05 bits per heavy atom. The number of phenols is 1. The van der Waals surface area contributed by atoms with E-state index in [1.54, 1.807) is 0 Å². The highest BCUT2D eigenvalue weighted by Crippen LogP contribution is 2.46. The second kappa shape index (κ2) is 11.1. The number of phenolic OH excluding ortho intramolecular Hbond substituents is 1. The molecule has 0 radical (unpaired) electrons. The maximum Gasteiger partial charge on any atom is 0.296 e.